The minimum Gasteiger partial charge on any atom is -0.391 e. The van der Waals surface area contributed by atoms with Crippen LogP contribution in [0.1, 0.15) is 75.3 Å². The third-order valence-corrected chi connectivity index (χ3v) is 8.40. The summed E-state index contributed by atoms with van der Waals surface area (Å²) < 4.78 is 0. The zero-order valence-corrected chi connectivity index (χ0v) is 22.3. The van der Waals surface area contributed by atoms with Crippen LogP contribution in [0.4, 0.5) is 5.82 Å². The number of nitrogens with zero attached hydrogens (tertiary/aromatic N) is 4. The van der Waals surface area contributed by atoms with E-state index in [-0.39, 0.29) is 17.9 Å². The van der Waals surface area contributed by atoms with Gasteiger partial charge in [0.15, 0.2) is 0 Å². The number of pyridine rings is 1. The van der Waals surface area contributed by atoms with Crippen molar-refractivity contribution in [2.24, 2.45) is 5.92 Å². The highest BCUT2D eigenvalue weighted by molar-refractivity contribution is 5.83. The number of aliphatic hydroxyl groups is 1. The van der Waals surface area contributed by atoms with Gasteiger partial charge < -0.3 is 19.8 Å². The summed E-state index contributed by atoms with van der Waals surface area (Å²) in [5, 5.41) is 11.5. The van der Waals surface area contributed by atoms with Gasteiger partial charge in [0.05, 0.1) is 11.6 Å². The van der Waals surface area contributed by atoms with E-state index in [1.165, 1.54) is 18.4 Å². The molecule has 1 saturated carbocycles. The number of anilines is 1. The first-order valence-electron chi connectivity index (χ1n) is 14.3. The number of hydrogen-bond donors (Lipinski definition) is 1. The van der Waals surface area contributed by atoms with Crippen LogP contribution in [0.5, 0.6) is 0 Å². The van der Waals surface area contributed by atoms with Crippen LogP contribution in [0.25, 0.3) is 10.9 Å². The first-order chi connectivity index (χ1) is 18.0. The summed E-state index contributed by atoms with van der Waals surface area (Å²) in [4.78, 5) is 37.0. The Morgan fingerprint density at radius 3 is 2.70 bits per heavy atom. The number of amides is 2. The van der Waals surface area contributed by atoms with Crippen molar-refractivity contribution in [1.29, 1.82) is 0 Å². The van der Waals surface area contributed by atoms with Gasteiger partial charge in [0.2, 0.25) is 11.8 Å². The normalized spacial score (nSPS) is 20.8. The zero-order chi connectivity index (χ0) is 25.8. The number of likely N-dealkylation sites (tertiary alicyclic amines) is 1. The number of aromatic nitrogens is 1. The Bertz CT molecular complexity index is 1110. The van der Waals surface area contributed by atoms with E-state index < -0.39 is 0 Å². The Balaban J connectivity index is 1.40. The molecule has 200 valence electrons. The molecule has 7 heteroatoms. The van der Waals surface area contributed by atoms with Gasteiger partial charge in [0, 0.05) is 63.1 Å². The number of fused-ring (bicyclic) bond motifs is 1. The predicted octanol–water partition coefficient (Wildman–Crippen LogP) is 4.43. The first-order valence-corrected chi connectivity index (χ1v) is 14.3. The van der Waals surface area contributed by atoms with Gasteiger partial charge >= 0.3 is 0 Å². The van der Waals surface area contributed by atoms with E-state index in [4.69, 9.17) is 4.98 Å². The van der Waals surface area contributed by atoms with E-state index in [2.05, 4.69) is 36.1 Å². The molecule has 3 heterocycles. The van der Waals surface area contributed by atoms with Gasteiger partial charge in [-0.2, -0.15) is 0 Å². The zero-order valence-electron chi connectivity index (χ0n) is 22.3. The van der Waals surface area contributed by atoms with Crippen molar-refractivity contribution >= 4 is 28.5 Å². The van der Waals surface area contributed by atoms with Crippen LogP contribution in [-0.2, 0) is 16.1 Å². The number of carbonyl (C=O) groups is 2. The second-order valence-electron chi connectivity index (χ2n) is 11.4. The van der Waals surface area contributed by atoms with Gasteiger partial charge in [-0.3, -0.25) is 9.59 Å². The molecule has 1 aromatic carbocycles. The van der Waals surface area contributed by atoms with Crippen LogP contribution in [0.2, 0.25) is 0 Å². The highest BCUT2D eigenvalue weighted by Gasteiger charge is 2.27. The van der Waals surface area contributed by atoms with Crippen molar-refractivity contribution in [3.63, 3.8) is 0 Å². The molecular formula is C30H42N4O3. The number of carbonyl (C=O) groups excluding carboxylic acids is 2. The lowest BCUT2D eigenvalue weighted by Gasteiger charge is -2.34. The van der Waals surface area contributed by atoms with E-state index in [0.29, 0.717) is 44.9 Å². The van der Waals surface area contributed by atoms with Gasteiger partial charge in [0.25, 0.3) is 0 Å². The summed E-state index contributed by atoms with van der Waals surface area (Å²) in [5.41, 5.74) is 3.17. The molecule has 0 radical (unpaired) electrons. The minimum absolute atomic E-state index is 0.216. The largest absolute Gasteiger partial charge is 0.391 e. The molecule has 0 spiro atoms. The maximum Gasteiger partial charge on any atom is 0.223 e. The van der Waals surface area contributed by atoms with E-state index >= 15 is 0 Å². The Kier molecular flexibility index (Phi) is 8.28. The Morgan fingerprint density at radius 1 is 1.11 bits per heavy atom. The molecule has 37 heavy (non-hydrogen) atoms. The summed E-state index contributed by atoms with van der Waals surface area (Å²) in [6.45, 7) is 6.22. The number of hydrogen-bond acceptors (Lipinski definition) is 5. The number of piperidine rings is 1. The first kappa shape index (κ1) is 26.0. The molecule has 2 aromatic rings. The molecule has 5 rings (SSSR count). The van der Waals surface area contributed by atoms with Gasteiger partial charge in [-0.05, 0) is 69.1 Å². The molecule has 1 aromatic heterocycles. The van der Waals surface area contributed by atoms with E-state index in [0.717, 1.165) is 73.9 Å². The van der Waals surface area contributed by atoms with E-state index in [1.54, 1.807) is 0 Å². The summed E-state index contributed by atoms with van der Waals surface area (Å²) in [6.07, 6.45) is 9.14. The second-order valence-corrected chi connectivity index (χ2v) is 11.4. The fraction of sp³-hybridized carbons (Fsp3) is 0.633. The number of β-amino-alcohol motifs (C(OH)–C–C–N with tert-alkyl or cyclic N) is 1. The van der Waals surface area contributed by atoms with Crippen molar-refractivity contribution in [2.75, 3.05) is 37.6 Å². The lowest BCUT2D eigenvalue weighted by molar-refractivity contribution is -0.133. The third-order valence-electron chi connectivity index (χ3n) is 8.40. The minimum atomic E-state index is -0.352. The Morgan fingerprint density at radius 2 is 1.95 bits per heavy atom. The summed E-state index contributed by atoms with van der Waals surface area (Å²) >= 11 is 0. The molecule has 3 fully saturated rings. The maximum absolute atomic E-state index is 13.6. The average Bonchev–Trinajstić information content (AvgIpc) is 3.54. The molecule has 0 unspecified atom stereocenters. The Hall–Kier alpha value is -2.67. The molecule has 2 saturated heterocycles. The fourth-order valence-electron chi connectivity index (χ4n) is 6.33. The monoisotopic (exact) mass is 506 g/mol. The molecule has 2 aliphatic heterocycles. The summed E-state index contributed by atoms with van der Waals surface area (Å²) in [7, 11) is 0. The van der Waals surface area contributed by atoms with E-state index in [9.17, 15) is 14.7 Å². The molecule has 1 aliphatic carbocycles. The molecular weight excluding hydrogens is 464 g/mol. The molecule has 2 amide bonds. The SMILES string of the molecule is Cc1ccc2cc(CN(CCCN3CCCC3=O)C(=O)CC3CCCC3)c(N3CCC[C@H](O)C3)nc2c1. The predicted molar refractivity (Wildman–Crippen MR) is 146 cm³/mol. The summed E-state index contributed by atoms with van der Waals surface area (Å²) in [6, 6.07) is 8.52. The quantitative estimate of drug-likeness (QED) is 0.545. The Labute approximate surface area is 220 Å². The highest BCUT2D eigenvalue weighted by Crippen LogP contribution is 2.31. The van der Waals surface area contributed by atoms with Crippen LogP contribution >= 0.6 is 0 Å². The number of aliphatic hydroxyl groups excluding tert-OH is 1. The topological polar surface area (TPSA) is 77.0 Å². The van der Waals surface area contributed by atoms with Crippen molar-refractivity contribution in [3.8, 4) is 0 Å². The number of benzene rings is 1. The van der Waals surface area contributed by atoms with Gasteiger partial charge in [-0.1, -0.05) is 25.0 Å². The fourth-order valence-corrected chi connectivity index (χ4v) is 6.33. The number of aryl methyl sites for hydroxylation is 1. The standard InChI is InChI=1S/C30H42N4O3/c1-22-11-12-24-19-25(30(31-27(24)17-22)34-14-4-9-26(35)21-34)20-33(29(37)18-23-7-2-3-8-23)16-6-15-32-13-5-10-28(32)36/h11-12,17,19,23,26,35H,2-10,13-16,18,20-21H2,1H3/t26-/m0/s1. The van der Waals surface area contributed by atoms with Crippen LogP contribution in [0, 0.1) is 12.8 Å². The van der Waals surface area contributed by atoms with Gasteiger partial charge in [-0.25, -0.2) is 4.98 Å². The molecule has 1 N–H and O–H groups in total. The third kappa shape index (κ3) is 6.43. The average molecular weight is 507 g/mol. The van der Waals surface area contributed by atoms with Crippen molar-refractivity contribution in [2.45, 2.75) is 83.8 Å². The van der Waals surface area contributed by atoms with Crippen LogP contribution in [0.3, 0.4) is 0 Å². The van der Waals surface area contributed by atoms with Gasteiger partial charge in [0.1, 0.15) is 5.82 Å². The number of rotatable bonds is 9. The molecule has 3 aliphatic rings. The van der Waals surface area contributed by atoms with E-state index in [1.807, 2.05) is 9.80 Å². The van der Waals surface area contributed by atoms with Crippen molar-refractivity contribution < 1.29 is 14.7 Å². The molecule has 1 atom stereocenters. The summed E-state index contributed by atoms with van der Waals surface area (Å²) in [5.74, 6) is 1.84. The van der Waals surface area contributed by atoms with Crippen molar-refractivity contribution in [1.82, 2.24) is 14.8 Å². The molecule has 0 bridgehead atoms. The second kappa shape index (κ2) is 11.8. The highest BCUT2D eigenvalue weighted by atomic mass is 16.3. The lowest BCUT2D eigenvalue weighted by Crippen LogP contribution is -2.40. The smallest absolute Gasteiger partial charge is 0.223 e. The van der Waals surface area contributed by atoms with Crippen molar-refractivity contribution in [3.05, 3.63) is 35.4 Å². The van der Waals surface area contributed by atoms with Crippen LogP contribution in [-0.4, -0.2) is 70.5 Å². The van der Waals surface area contributed by atoms with Gasteiger partial charge in [-0.15, -0.1) is 0 Å². The lowest BCUT2D eigenvalue weighted by atomic mass is 10.0. The molecule has 7 nitrogen and oxygen atoms in total. The van der Waals surface area contributed by atoms with Crippen LogP contribution < -0.4 is 4.90 Å². The maximum atomic E-state index is 13.6. The van der Waals surface area contributed by atoms with Crippen LogP contribution in [0.15, 0.2) is 24.3 Å².